The van der Waals surface area contributed by atoms with Gasteiger partial charge in [-0.1, -0.05) is 12.8 Å². The molecule has 174 valence electrons. The number of benzene rings is 1. The number of hydrogen-bond donors (Lipinski definition) is 2. The maximum absolute atomic E-state index is 13.0. The standard InChI is InChI=1S/C25H36N4O3/c1-28(16-23-21-4-2-3-5-22(21)26-27-23)24(30)17-8-10-19(11-9-17)32-20-12-14-29(15-13-20)25(31)18-6-7-18/h8-11,18,20-23,26-27H,2-7,12-16H2,1H3. The first kappa shape index (κ1) is 21.7. The van der Waals surface area contributed by atoms with Crippen LogP contribution in [-0.2, 0) is 4.79 Å². The van der Waals surface area contributed by atoms with Crippen molar-refractivity contribution in [3.63, 3.8) is 0 Å². The number of likely N-dealkylation sites (tertiary alicyclic amines) is 1. The van der Waals surface area contributed by atoms with Gasteiger partial charge in [0, 0.05) is 63.1 Å². The van der Waals surface area contributed by atoms with Crippen LogP contribution in [0.1, 0.15) is 61.7 Å². The number of fused-ring (bicyclic) bond motifs is 1. The lowest BCUT2D eigenvalue weighted by Gasteiger charge is -2.32. The van der Waals surface area contributed by atoms with Crippen LogP contribution < -0.4 is 15.6 Å². The summed E-state index contributed by atoms with van der Waals surface area (Å²) in [7, 11) is 1.89. The van der Waals surface area contributed by atoms with E-state index in [2.05, 4.69) is 10.9 Å². The van der Waals surface area contributed by atoms with Crippen molar-refractivity contribution in [2.75, 3.05) is 26.7 Å². The Labute approximate surface area is 190 Å². The zero-order valence-electron chi connectivity index (χ0n) is 19.1. The van der Waals surface area contributed by atoms with E-state index >= 15 is 0 Å². The molecule has 2 saturated carbocycles. The lowest BCUT2D eigenvalue weighted by Crippen LogP contribution is -2.43. The van der Waals surface area contributed by atoms with E-state index in [1.165, 1.54) is 25.7 Å². The molecule has 3 unspecified atom stereocenters. The zero-order valence-corrected chi connectivity index (χ0v) is 19.1. The van der Waals surface area contributed by atoms with Crippen LogP contribution in [0.4, 0.5) is 0 Å². The monoisotopic (exact) mass is 440 g/mol. The lowest BCUT2D eigenvalue weighted by molar-refractivity contribution is -0.134. The van der Waals surface area contributed by atoms with Crippen LogP contribution in [-0.4, -0.2) is 66.5 Å². The molecular formula is C25H36N4O3. The Bertz CT molecular complexity index is 817. The van der Waals surface area contributed by atoms with Gasteiger partial charge in [0.15, 0.2) is 0 Å². The lowest BCUT2D eigenvalue weighted by atomic mass is 9.81. The highest BCUT2D eigenvalue weighted by atomic mass is 16.5. The summed E-state index contributed by atoms with van der Waals surface area (Å²) in [6.07, 6.45) is 9.03. The van der Waals surface area contributed by atoms with Crippen molar-refractivity contribution in [1.82, 2.24) is 20.7 Å². The van der Waals surface area contributed by atoms with Crippen molar-refractivity contribution in [3.05, 3.63) is 29.8 Å². The summed E-state index contributed by atoms with van der Waals surface area (Å²) in [6.45, 7) is 2.28. The molecule has 2 saturated heterocycles. The molecule has 0 radical (unpaired) electrons. The van der Waals surface area contributed by atoms with Crippen LogP contribution in [0.25, 0.3) is 0 Å². The Morgan fingerprint density at radius 1 is 1.00 bits per heavy atom. The van der Waals surface area contributed by atoms with Crippen LogP contribution in [0, 0.1) is 11.8 Å². The van der Waals surface area contributed by atoms with Gasteiger partial charge < -0.3 is 14.5 Å². The fraction of sp³-hybridized carbons (Fsp3) is 0.680. The average Bonchev–Trinajstić information content (AvgIpc) is 3.61. The number of hydrazine groups is 1. The van der Waals surface area contributed by atoms with E-state index in [0.717, 1.165) is 44.5 Å². The predicted octanol–water partition coefficient (Wildman–Crippen LogP) is 2.57. The number of carbonyl (C=O) groups is 2. The van der Waals surface area contributed by atoms with Crippen molar-refractivity contribution in [2.24, 2.45) is 11.8 Å². The molecule has 5 rings (SSSR count). The van der Waals surface area contributed by atoms with E-state index in [0.29, 0.717) is 41.9 Å². The number of nitrogens with zero attached hydrogens (tertiary/aromatic N) is 2. The Hall–Kier alpha value is -2.12. The van der Waals surface area contributed by atoms with Gasteiger partial charge in [0.05, 0.1) is 0 Å². The summed E-state index contributed by atoms with van der Waals surface area (Å²) < 4.78 is 6.14. The van der Waals surface area contributed by atoms with Gasteiger partial charge in [-0.3, -0.25) is 20.4 Å². The third-order valence-electron chi connectivity index (χ3n) is 7.69. The Morgan fingerprint density at radius 2 is 1.72 bits per heavy atom. The van der Waals surface area contributed by atoms with E-state index in [-0.39, 0.29) is 12.0 Å². The number of ether oxygens (including phenoxy) is 1. The summed E-state index contributed by atoms with van der Waals surface area (Å²) in [4.78, 5) is 29.0. The van der Waals surface area contributed by atoms with Crippen molar-refractivity contribution >= 4 is 11.8 Å². The molecular weight excluding hydrogens is 404 g/mol. The molecule has 7 heteroatoms. The number of rotatable bonds is 6. The van der Waals surface area contributed by atoms with Gasteiger partial charge in [0.1, 0.15) is 11.9 Å². The minimum Gasteiger partial charge on any atom is -0.490 e. The molecule has 32 heavy (non-hydrogen) atoms. The summed E-state index contributed by atoms with van der Waals surface area (Å²) in [6, 6.07) is 8.39. The summed E-state index contributed by atoms with van der Waals surface area (Å²) in [5, 5.41) is 0. The molecule has 7 nitrogen and oxygen atoms in total. The molecule has 4 fully saturated rings. The SMILES string of the molecule is CN(CC1NNC2CCCCC21)C(=O)c1ccc(OC2CCN(C(=O)C3CC3)CC2)cc1. The maximum atomic E-state index is 13.0. The molecule has 1 aromatic carbocycles. The minimum atomic E-state index is 0.0458. The normalized spacial score (nSPS) is 28.3. The van der Waals surface area contributed by atoms with Gasteiger partial charge in [-0.05, 0) is 55.9 Å². The largest absolute Gasteiger partial charge is 0.490 e. The van der Waals surface area contributed by atoms with Gasteiger partial charge in [-0.15, -0.1) is 0 Å². The summed E-state index contributed by atoms with van der Waals surface area (Å²) in [5.74, 6) is 2.08. The Morgan fingerprint density at radius 3 is 2.44 bits per heavy atom. The molecule has 3 atom stereocenters. The van der Waals surface area contributed by atoms with Crippen LogP contribution in [0.5, 0.6) is 5.75 Å². The van der Waals surface area contributed by atoms with Crippen molar-refractivity contribution in [2.45, 2.75) is 69.6 Å². The van der Waals surface area contributed by atoms with Crippen molar-refractivity contribution < 1.29 is 14.3 Å². The quantitative estimate of drug-likeness (QED) is 0.711. The highest BCUT2D eigenvalue weighted by molar-refractivity contribution is 5.94. The second kappa shape index (κ2) is 9.40. The molecule has 2 heterocycles. The fourth-order valence-electron chi connectivity index (χ4n) is 5.57. The fourth-order valence-corrected chi connectivity index (χ4v) is 5.57. The predicted molar refractivity (Wildman–Crippen MR) is 122 cm³/mol. The molecule has 0 aromatic heterocycles. The van der Waals surface area contributed by atoms with Crippen molar-refractivity contribution in [1.29, 1.82) is 0 Å². The summed E-state index contributed by atoms with van der Waals surface area (Å²) >= 11 is 0. The number of amides is 2. The van der Waals surface area contributed by atoms with Gasteiger partial charge in [0.25, 0.3) is 5.91 Å². The van der Waals surface area contributed by atoms with Gasteiger partial charge in [-0.2, -0.15) is 0 Å². The molecule has 2 amide bonds. The second-order valence-electron chi connectivity index (χ2n) is 10.1. The first-order chi connectivity index (χ1) is 15.6. The van der Waals surface area contributed by atoms with Gasteiger partial charge in [-0.25, -0.2) is 0 Å². The third kappa shape index (κ3) is 4.79. The number of hydrogen-bond acceptors (Lipinski definition) is 5. The number of piperidine rings is 1. The third-order valence-corrected chi connectivity index (χ3v) is 7.69. The molecule has 2 aliphatic heterocycles. The summed E-state index contributed by atoms with van der Waals surface area (Å²) in [5.41, 5.74) is 7.54. The minimum absolute atomic E-state index is 0.0458. The molecule has 1 aromatic rings. The molecule has 0 spiro atoms. The van der Waals surface area contributed by atoms with Crippen molar-refractivity contribution in [3.8, 4) is 5.75 Å². The topological polar surface area (TPSA) is 73.9 Å². The second-order valence-corrected chi connectivity index (χ2v) is 10.1. The average molecular weight is 441 g/mol. The van der Waals surface area contributed by atoms with Crippen LogP contribution in [0.3, 0.4) is 0 Å². The maximum Gasteiger partial charge on any atom is 0.253 e. The van der Waals surface area contributed by atoms with Crippen LogP contribution >= 0.6 is 0 Å². The van der Waals surface area contributed by atoms with E-state index in [1.807, 2.05) is 41.1 Å². The van der Waals surface area contributed by atoms with E-state index < -0.39 is 0 Å². The highest BCUT2D eigenvalue weighted by Gasteiger charge is 2.38. The molecule has 2 aliphatic carbocycles. The van der Waals surface area contributed by atoms with Gasteiger partial charge in [0.2, 0.25) is 5.91 Å². The Balaban J connectivity index is 1.10. The van der Waals surface area contributed by atoms with Gasteiger partial charge >= 0.3 is 0 Å². The van der Waals surface area contributed by atoms with Crippen LogP contribution in [0.15, 0.2) is 24.3 Å². The number of nitrogens with one attached hydrogen (secondary N) is 2. The number of carbonyl (C=O) groups excluding carboxylic acids is 2. The smallest absolute Gasteiger partial charge is 0.253 e. The molecule has 0 bridgehead atoms. The van der Waals surface area contributed by atoms with Crippen LogP contribution in [0.2, 0.25) is 0 Å². The highest BCUT2D eigenvalue weighted by Crippen LogP contribution is 2.32. The molecule has 2 N–H and O–H groups in total. The first-order valence-corrected chi connectivity index (χ1v) is 12.4. The first-order valence-electron chi connectivity index (χ1n) is 12.4. The Kier molecular flexibility index (Phi) is 6.37. The number of likely N-dealkylation sites (N-methyl/N-ethyl adjacent to an activating group) is 1. The molecule has 4 aliphatic rings. The van der Waals surface area contributed by atoms with E-state index in [9.17, 15) is 9.59 Å². The zero-order chi connectivity index (χ0) is 22.1. The van der Waals surface area contributed by atoms with E-state index in [1.54, 1.807) is 0 Å². The van der Waals surface area contributed by atoms with E-state index in [4.69, 9.17) is 4.74 Å².